The minimum atomic E-state index is -0.956. The van der Waals surface area contributed by atoms with Crippen LogP contribution in [0.2, 0.25) is 0 Å². The molecular formula is C16H18N2O3. The fraction of sp³-hybridized carbons (Fsp3) is 0.375. The van der Waals surface area contributed by atoms with E-state index in [9.17, 15) is 9.90 Å². The number of hydrogen-bond acceptors (Lipinski definition) is 3. The second kappa shape index (κ2) is 5.24. The molecule has 0 saturated heterocycles. The highest BCUT2D eigenvalue weighted by Crippen LogP contribution is 2.40. The maximum absolute atomic E-state index is 11.5. The highest BCUT2D eigenvalue weighted by molar-refractivity contribution is 5.94. The zero-order valence-corrected chi connectivity index (χ0v) is 12.1. The molecule has 1 aliphatic carbocycles. The van der Waals surface area contributed by atoms with Crippen molar-refractivity contribution in [1.82, 2.24) is 9.78 Å². The molecule has 1 aliphatic rings. The Balaban J connectivity index is 2.04. The summed E-state index contributed by atoms with van der Waals surface area (Å²) in [6.45, 7) is 2.09. The van der Waals surface area contributed by atoms with Gasteiger partial charge in [-0.15, -0.1) is 0 Å². The molecule has 1 saturated carbocycles. The van der Waals surface area contributed by atoms with Gasteiger partial charge in [0.2, 0.25) is 0 Å². The van der Waals surface area contributed by atoms with E-state index in [0.29, 0.717) is 17.4 Å². The van der Waals surface area contributed by atoms with E-state index >= 15 is 0 Å². The first-order chi connectivity index (χ1) is 10.1. The lowest BCUT2D eigenvalue weighted by atomic mass is 10.1. The van der Waals surface area contributed by atoms with Gasteiger partial charge in [-0.05, 0) is 37.8 Å². The van der Waals surface area contributed by atoms with E-state index in [4.69, 9.17) is 4.74 Å². The number of rotatable bonds is 5. The third-order valence-electron chi connectivity index (χ3n) is 4.03. The maximum atomic E-state index is 11.5. The SMILES string of the molecule is COc1cccc(-c2nn(C(C)C3CC3)cc2C(=O)O)c1. The van der Waals surface area contributed by atoms with Crippen molar-refractivity contribution in [1.29, 1.82) is 0 Å². The number of hydrogen-bond donors (Lipinski definition) is 1. The quantitative estimate of drug-likeness (QED) is 0.916. The summed E-state index contributed by atoms with van der Waals surface area (Å²) in [6.07, 6.45) is 4.02. The lowest BCUT2D eigenvalue weighted by Gasteiger charge is -2.09. The molecule has 1 N–H and O–H groups in total. The van der Waals surface area contributed by atoms with Gasteiger partial charge in [0, 0.05) is 11.8 Å². The summed E-state index contributed by atoms with van der Waals surface area (Å²) < 4.78 is 6.98. The molecule has 3 rings (SSSR count). The van der Waals surface area contributed by atoms with Crippen LogP contribution in [0, 0.1) is 5.92 Å². The molecule has 1 aromatic carbocycles. The Kier molecular flexibility index (Phi) is 3.41. The van der Waals surface area contributed by atoms with E-state index in [1.54, 1.807) is 24.1 Å². The van der Waals surface area contributed by atoms with Gasteiger partial charge in [0.25, 0.3) is 0 Å². The van der Waals surface area contributed by atoms with Gasteiger partial charge in [0.1, 0.15) is 17.0 Å². The first kappa shape index (κ1) is 13.7. The van der Waals surface area contributed by atoms with E-state index < -0.39 is 5.97 Å². The van der Waals surface area contributed by atoms with Crippen molar-refractivity contribution in [2.75, 3.05) is 7.11 Å². The highest BCUT2D eigenvalue weighted by Gasteiger charge is 2.31. The van der Waals surface area contributed by atoms with Gasteiger partial charge in [-0.25, -0.2) is 4.79 Å². The molecule has 21 heavy (non-hydrogen) atoms. The average molecular weight is 286 g/mol. The molecule has 0 aliphatic heterocycles. The monoisotopic (exact) mass is 286 g/mol. The van der Waals surface area contributed by atoms with Gasteiger partial charge < -0.3 is 9.84 Å². The summed E-state index contributed by atoms with van der Waals surface area (Å²) >= 11 is 0. The fourth-order valence-corrected chi connectivity index (χ4v) is 2.53. The molecule has 0 spiro atoms. The van der Waals surface area contributed by atoms with Crippen molar-refractivity contribution in [3.8, 4) is 17.0 Å². The predicted octanol–water partition coefficient (Wildman–Crippen LogP) is 3.23. The highest BCUT2D eigenvalue weighted by atomic mass is 16.5. The molecule has 1 atom stereocenters. The van der Waals surface area contributed by atoms with Crippen LogP contribution in [0.5, 0.6) is 5.75 Å². The van der Waals surface area contributed by atoms with Crippen molar-refractivity contribution in [3.63, 3.8) is 0 Å². The molecule has 1 unspecified atom stereocenters. The van der Waals surface area contributed by atoms with Gasteiger partial charge in [-0.1, -0.05) is 12.1 Å². The maximum Gasteiger partial charge on any atom is 0.339 e. The Morgan fingerprint density at radius 2 is 2.24 bits per heavy atom. The number of carbonyl (C=O) groups is 1. The van der Waals surface area contributed by atoms with Crippen molar-refractivity contribution in [2.24, 2.45) is 5.92 Å². The Hall–Kier alpha value is -2.30. The Morgan fingerprint density at radius 3 is 2.86 bits per heavy atom. The number of benzene rings is 1. The second-order valence-corrected chi connectivity index (χ2v) is 5.49. The van der Waals surface area contributed by atoms with E-state index in [1.165, 1.54) is 12.8 Å². The zero-order chi connectivity index (χ0) is 15.0. The number of methoxy groups -OCH3 is 1. The van der Waals surface area contributed by atoms with Crippen LogP contribution in [0.4, 0.5) is 0 Å². The summed E-state index contributed by atoms with van der Waals surface area (Å²) in [5.74, 6) is 0.348. The number of aromatic nitrogens is 2. The molecule has 5 heteroatoms. The molecule has 2 aromatic rings. The third-order valence-corrected chi connectivity index (χ3v) is 4.03. The van der Waals surface area contributed by atoms with Gasteiger partial charge >= 0.3 is 5.97 Å². The molecule has 0 bridgehead atoms. The van der Waals surface area contributed by atoms with Gasteiger partial charge in [-0.2, -0.15) is 5.10 Å². The molecule has 110 valence electrons. The van der Waals surface area contributed by atoms with Crippen LogP contribution in [0.1, 0.15) is 36.2 Å². The predicted molar refractivity (Wildman–Crippen MR) is 78.6 cm³/mol. The smallest absolute Gasteiger partial charge is 0.339 e. The van der Waals surface area contributed by atoms with Crippen LogP contribution in [0.25, 0.3) is 11.3 Å². The summed E-state index contributed by atoms with van der Waals surface area (Å²) in [5.41, 5.74) is 1.48. The van der Waals surface area contributed by atoms with E-state index in [2.05, 4.69) is 12.0 Å². The summed E-state index contributed by atoms with van der Waals surface area (Å²) in [6, 6.07) is 7.56. The summed E-state index contributed by atoms with van der Waals surface area (Å²) in [5, 5.41) is 13.9. The van der Waals surface area contributed by atoms with E-state index in [-0.39, 0.29) is 11.6 Å². The lowest BCUT2D eigenvalue weighted by Crippen LogP contribution is -2.07. The Labute approximate surface area is 123 Å². The van der Waals surface area contributed by atoms with Crippen LogP contribution >= 0.6 is 0 Å². The molecule has 0 radical (unpaired) electrons. The molecule has 5 nitrogen and oxygen atoms in total. The average Bonchev–Trinajstić information content (AvgIpc) is 3.24. The van der Waals surface area contributed by atoms with E-state index in [0.717, 1.165) is 5.56 Å². The standard InChI is InChI=1S/C16H18N2O3/c1-10(11-6-7-11)18-9-14(16(19)20)15(17-18)12-4-3-5-13(8-12)21-2/h3-5,8-11H,6-7H2,1-2H3,(H,19,20). The fourth-order valence-electron chi connectivity index (χ4n) is 2.53. The number of carboxylic acid groups (broad SMARTS) is 1. The van der Waals surface area contributed by atoms with Crippen molar-refractivity contribution in [2.45, 2.75) is 25.8 Å². The third kappa shape index (κ3) is 2.63. The molecule has 0 amide bonds. The Bertz CT molecular complexity index is 674. The van der Waals surface area contributed by atoms with Crippen molar-refractivity contribution in [3.05, 3.63) is 36.0 Å². The number of aromatic carboxylic acids is 1. The van der Waals surface area contributed by atoms with Crippen molar-refractivity contribution < 1.29 is 14.6 Å². The van der Waals surface area contributed by atoms with Crippen molar-refractivity contribution >= 4 is 5.97 Å². The first-order valence-electron chi connectivity index (χ1n) is 7.07. The summed E-state index contributed by atoms with van der Waals surface area (Å²) in [7, 11) is 1.59. The Morgan fingerprint density at radius 1 is 1.48 bits per heavy atom. The lowest BCUT2D eigenvalue weighted by molar-refractivity contribution is 0.0697. The van der Waals surface area contributed by atoms with Gasteiger partial charge in [0.05, 0.1) is 13.2 Å². The van der Waals surface area contributed by atoms with Gasteiger partial charge in [0.15, 0.2) is 0 Å². The van der Waals surface area contributed by atoms with Gasteiger partial charge in [-0.3, -0.25) is 4.68 Å². The molecule has 1 aromatic heterocycles. The number of ether oxygens (including phenoxy) is 1. The van der Waals surface area contributed by atoms with Crippen LogP contribution in [-0.2, 0) is 0 Å². The van der Waals surface area contributed by atoms with Crippen LogP contribution in [-0.4, -0.2) is 28.0 Å². The number of carboxylic acids is 1. The van der Waals surface area contributed by atoms with Crippen LogP contribution < -0.4 is 4.74 Å². The molecule has 1 fully saturated rings. The second-order valence-electron chi connectivity index (χ2n) is 5.49. The number of nitrogens with zero attached hydrogens (tertiary/aromatic N) is 2. The van der Waals surface area contributed by atoms with Crippen LogP contribution in [0.15, 0.2) is 30.5 Å². The summed E-state index contributed by atoms with van der Waals surface area (Å²) in [4.78, 5) is 11.5. The normalized spacial score (nSPS) is 15.7. The zero-order valence-electron chi connectivity index (χ0n) is 12.1. The first-order valence-corrected chi connectivity index (χ1v) is 7.07. The minimum Gasteiger partial charge on any atom is -0.497 e. The molecular weight excluding hydrogens is 268 g/mol. The minimum absolute atomic E-state index is 0.232. The molecule has 1 heterocycles. The van der Waals surface area contributed by atoms with Crippen LogP contribution in [0.3, 0.4) is 0 Å². The van der Waals surface area contributed by atoms with E-state index in [1.807, 2.05) is 18.2 Å². The topological polar surface area (TPSA) is 64.4 Å². The largest absolute Gasteiger partial charge is 0.497 e.